The normalized spacial score (nSPS) is 25.6. The van der Waals surface area contributed by atoms with Crippen LogP contribution in [0, 0.1) is 13.8 Å². The van der Waals surface area contributed by atoms with Crippen LogP contribution in [0.4, 0.5) is 0 Å². The maximum absolute atomic E-state index is 12.4. The van der Waals surface area contributed by atoms with Gasteiger partial charge in [0, 0.05) is 12.6 Å². The van der Waals surface area contributed by atoms with Gasteiger partial charge < -0.3 is 10.1 Å². The first-order chi connectivity index (χ1) is 9.92. The fraction of sp³-hybridized carbons (Fsp3) is 0.611. The molecule has 1 aliphatic carbocycles. The molecule has 0 atom stereocenters. The van der Waals surface area contributed by atoms with E-state index in [1.165, 1.54) is 11.1 Å². The van der Waals surface area contributed by atoms with Crippen LogP contribution >= 0.6 is 0 Å². The summed E-state index contributed by atoms with van der Waals surface area (Å²) in [6, 6.07) is 6.28. The van der Waals surface area contributed by atoms with Crippen LogP contribution in [0.3, 0.4) is 0 Å². The summed E-state index contributed by atoms with van der Waals surface area (Å²) in [5, 5.41) is 3.24. The van der Waals surface area contributed by atoms with Crippen LogP contribution in [0.5, 0.6) is 0 Å². The van der Waals surface area contributed by atoms with E-state index >= 15 is 0 Å². The van der Waals surface area contributed by atoms with Crippen LogP contribution in [0.2, 0.25) is 0 Å². The second-order valence-corrected chi connectivity index (χ2v) is 6.65. The average molecular weight is 289 g/mol. The molecule has 116 valence electrons. The van der Waals surface area contributed by atoms with Crippen LogP contribution < -0.4 is 5.32 Å². The first-order valence-electron chi connectivity index (χ1n) is 7.82. The molecular weight excluding hydrogens is 262 g/mol. The van der Waals surface area contributed by atoms with E-state index in [2.05, 4.69) is 44.3 Å². The predicted octanol–water partition coefficient (Wildman–Crippen LogP) is 3.31. The fourth-order valence-corrected chi connectivity index (χ4v) is 3.13. The molecule has 1 amide bonds. The molecule has 0 spiro atoms. The largest absolute Gasteiger partial charge is 0.381 e. The zero-order chi connectivity index (χ0) is 15.5. The Labute approximate surface area is 128 Å². The van der Waals surface area contributed by atoms with Gasteiger partial charge in [-0.25, -0.2) is 0 Å². The molecule has 0 unspecified atom stereocenters. The molecule has 3 nitrogen and oxygen atoms in total. The van der Waals surface area contributed by atoms with Crippen molar-refractivity contribution in [2.24, 2.45) is 0 Å². The summed E-state index contributed by atoms with van der Waals surface area (Å²) in [7, 11) is 1.77. The highest BCUT2D eigenvalue weighted by Gasteiger charge is 2.32. The number of methoxy groups -OCH3 is 1. The van der Waals surface area contributed by atoms with Crippen molar-refractivity contribution in [3.63, 3.8) is 0 Å². The first kappa shape index (κ1) is 16.0. The molecule has 1 aliphatic rings. The van der Waals surface area contributed by atoms with Crippen molar-refractivity contribution < 1.29 is 9.53 Å². The number of nitrogens with one attached hydrogen (secondary N) is 1. The van der Waals surface area contributed by atoms with Gasteiger partial charge in [0.2, 0.25) is 5.91 Å². The molecule has 1 saturated carbocycles. The van der Waals surface area contributed by atoms with E-state index in [1.54, 1.807) is 7.11 Å². The summed E-state index contributed by atoms with van der Waals surface area (Å²) >= 11 is 0. The number of aryl methyl sites for hydroxylation is 2. The molecule has 2 rings (SSSR count). The minimum absolute atomic E-state index is 0.0795. The van der Waals surface area contributed by atoms with E-state index in [0.29, 0.717) is 12.5 Å². The molecular formula is C18H27NO2. The average Bonchev–Trinajstić information content (AvgIpc) is 2.43. The third-order valence-electron chi connectivity index (χ3n) is 4.67. The smallest absolute Gasteiger partial charge is 0.224 e. The minimum atomic E-state index is -0.0795. The van der Waals surface area contributed by atoms with Crippen LogP contribution in [-0.4, -0.2) is 24.7 Å². The number of rotatable bonds is 4. The summed E-state index contributed by atoms with van der Waals surface area (Å²) < 4.78 is 5.40. The summed E-state index contributed by atoms with van der Waals surface area (Å²) in [5.74, 6) is 0.127. The highest BCUT2D eigenvalue weighted by atomic mass is 16.5. The highest BCUT2D eigenvalue weighted by Crippen LogP contribution is 2.29. The van der Waals surface area contributed by atoms with E-state index in [1.807, 2.05) is 0 Å². The Hall–Kier alpha value is -1.35. The van der Waals surface area contributed by atoms with Gasteiger partial charge in [-0.15, -0.1) is 0 Å². The standard InChI is InChI=1S/C18H27NO2/c1-13-5-6-14(2)15(11-13)12-17(20)19-18(3)9-7-16(21-4)8-10-18/h5-6,11,16H,7-10,12H2,1-4H3,(H,19,20)/t16-,18+. The van der Waals surface area contributed by atoms with Gasteiger partial charge >= 0.3 is 0 Å². The lowest BCUT2D eigenvalue weighted by atomic mass is 9.81. The van der Waals surface area contributed by atoms with Crippen molar-refractivity contribution in [1.82, 2.24) is 5.32 Å². The second kappa shape index (κ2) is 6.61. The molecule has 0 aromatic heterocycles. The molecule has 0 bridgehead atoms. The fourth-order valence-electron chi connectivity index (χ4n) is 3.13. The number of hydrogen-bond acceptors (Lipinski definition) is 2. The Morgan fingerprint density at radius 2 is 2.00 bits per heavy atom. The summed E-state index contributed by atoms with van der Waals surface area (Å²) in [5.41, 5.74) is 3.44. The van der Waals surface area contributed by atoms with Crippen molar-refractivity contribution in [2.45, 2.75) is 64.5 Å². The maximum Gasteiger partial charge on any atom is 0.224 e. The lowest BCUT2D eigenvalue weighted by molar-refractivity contribution is -0.123. The van der Waals surface area contributed by atoms with Gasteiger partial charge in [-0.3, -0.25) is 4.79 Å². The Bertz CT molecular complexity index is 502. The van der Waals surface area contributed by atoms with Gasteiger partial charge in [0.05, 0.1) is 12.5 Å². The quantitative estimate of drug-likeness (QED) is 0.923. The number of carbonyl (C=O) groups is 1. The number of hydrogen-bond donors (Lipinski definition) is 1. The van der Waals surface area contributed by atoms with E-state index in [0.717, 1.165) is 31.2 Å². The van der Waals surface area contributed by atoms with E-state index < -0.39 is 0 Å². The number of benzene rings is 1. The topological polar surface area (TPSA) is 38.3 Å². The Morgan fingerprint density at radius 1 is 1.33 bits per heavy atom. The Morgan fingerprint density at radius 3 is 2.62 bits per heavy atom. The van der Waals surface area contributed by atoms with Gasteiger partial charge in [-0.1, -0.05) is 23.8 Å². The zero-order valence-corrected chi connectivity index (χ0v) is 13.7. The van der Waals surface area contributed by atoms with E-state index in [4.69, 9.17) is 4.74 Å². The molecule has 1 fully saturated rings. The van der Waals surface area contributed by atoms with Crippen molar-refractivity contribution in [3.05, 3.63) is 34.9 Å². The molecule has 1 N–H and O–H groups in total. The second-order valence-electron chi connectivity index (χ2n) is 6.65. The Kier molecular flexibility index (Phi) is 5.04. The van der Waals surface area contributed by atoms with Gasteiger partial charge in [-0.05, 0) is 57.6 Å². The van der Waals surface area contributed by atoms with E-state index in [9.17, 15) is 4.79 Å². The monoisotopic (exact) mass is 289 g/mol. The molecule has 21 heavy (non-hydrogen) atoms. The zero-order valence-electron chi connectivity index (χ0n) is 13.7. The SMILES string of the molecule is CO[C@H]1CC[C@@](C)(NC(=O)Cc2cc(C)ccc2C)CC1. The van der Waals surface area contributed by atoms with Crippen molar-refractivity contribution in [2.75, 3.05) is 7.11 Å². The summed E-state index contributed by atoms with van der Waals surface area (Å²) in [4.78, 5) is 12.4. The van der Waals surface area contributed by atoms with Gasteiger partial charge in [-0.2, -0.15) is 0 Å². The van der Waals surface area contributed by atoms with Gasteiger partial charge in [0.1, 0.15) is 0 Å². The Balaban J connectivity index is 1.94. The summed E-state index contributed by atoms with van der Waals surface area (Å²) in [6.45, 7) is 6.28. The first-order valence-corrected chi connectivity index (χ1v) is 7.82. The van der Waals surface area contributed by atoms with Crippen molar-refractivity contribution in [1.29, 1.82) is 0 Å². The predicted molar refractivity (Wildman–Crippen MR) is 85.4 cm³/mol. The number of carbonyl (C=O) groups excluding carboxylic acids is 1. The highest BCUT2D eigenvalue weighted by molar-refractivity contribution is 5.79. The third-order valence-corrected chi connectivity index (χ3v) is 4.67. The van der Waals surface area contributed by atoms with Crippen molar-refractivity contribution >= 4 is 5.91 Å². The summed E-state index contributed by atoms with van der Waals surface area (Å²) in [6.07, 6.45) is 4.85. The van der Waals surface area contributed by atoms with Crippen LogP contribution in [0.15, 0.2) is 18.2 Å². The molecule has 0 aliphatic heterocycles. The van der Waals surface area contributed by atoms with Crippen LogP contribution in [0.1, 0.15) is 49.3 Å². The van der Waals surface area contributed by atoms with Gasteiger partial charge in [0.15, 0.2) is 0 Å². The maximum atomic E-state index is 12.4. The van der Waals surface area contributed by atoms with Crippen LogP contribution in [-0.2, 0) is 16.0 Å². The molecule has 3 heteroatoms. The van der Waals surface area contributed by atoms with E-state index in [-0.39, 0.29) is 11.4 Å². The number of ether oxygens (including phenoxy) is 1. The number of amides is 1. The lowest BCUT2D eigenvalue weighted by Gasteiger charge is -2.37. The third kappa shape index (κ3) is 4.31. The molecule has 0 heterocycles. The molecule has 0 saturated heterocycles. The minimum Gasteiger partial charge on any atom is -0.381 e. The van der Waals surface area contributed by atoms with Gasteiger partial charge in [0.25, 0.3) is 0 Å². The molecule has 1 aromatic carbocycles. The lowest BCUT2D eigenvalue weighted by Crippen LogP contribution is -2.49. The molecule has 1 aromatic rings. The molecule has 0 radical (unpaired) electrons. The van der Waals surface area contributed by atoms with Crippen LogP contribution in [0.25, 0.3) is 0 Å². The van der Waals surface area contributed by atoms with Crippen molar-refractivity contribution in [3.8, 4) is 0 Å².